The molecule has 3 aromatic heterocycles. The van der Waals surface area contributed by atoms with E-state index in [-0.39, 0.29) is 60.0 Å². The summed E-state index contributed by atoms with van der Waals surface area (Å²) in [5.74, 6) is -1.32. The Labute approximate surface area is 259 Å². The van der Waals surface area contributed by atoms with Crippen LogP contribution in [0.4, 0.5) is 19.0 Å². The second kappa shape index (κ2) is 11.3. The molecule has 2 fully saturated rings. The molecule has 2 aromatic carbocycles. The van der Waals surface area contributed by atoms with E-state index in [2.05, 4.69) is 15.0 Å². The van der Waals surface area contributed by atoms with Gasteiger partial charge in [0.1, 0.15) is 33.8 Å². The topological polar surface area (TPSA) is 133 Å². The number of aromatic nitrogens is 4. The van der Waals surface area contributed by atoms with Gasteiger partial charge in [0.25, 0.3) is 6.01 Å². The molecular weight excluding hydrogens is 639 g/mol. The van der Waals surface area contributed by atoms with Gasteiger partial charge < -0.3 is 23.9 Å². The number of para-hydroxylation sites is 1. The van der Waals surface area contributed by atoms with Crippen LogP contribution in [-0.2, 0) is 20.8 Å². The largest absolute Gasteiger partial charge is 0.459 e. The SMILES string of the molecule is O=S1(=O)CCC(n2c(OC3C[C@@H](COCO)N(c4nc(C(F)(F)F)nc5c4oc4ccccc45)C3)nc3cc(Cl)ccc32)CC1. The summed E-state index contributed by atoms with van der Waals surface area (Å²) in [5.41, 5.74) is 1.77. The first-order chi connectivity index (χ1) is 21.5. The maximum atomic E-state index is 14.0. The number of aliphatic hydroxyl groups excluding tert-OH is 1. The number of hydrogen-bond donors (Lipinski definition) is 1. The Bertz CT molecular complexity index is 2000. The zero-order valence-corrected chi connectivity index (χ0v) is 25.1. The van der Waals surface area contributed by atoms with E-state index in [1.54, 1.807) is 47.4 Å². The van der Waals surface area contributed by atoms with Crippen LogP contribution in [0.15, 0.2) is 46.9 Å². The molecule has 0 amide bonds. The molecule has 1 N–H and O–H groups in total. The predicted molar refractivity (Wildman–Crippen MR) is 159 cm³/mol. The monoisotopic (exact) mass is 665 g/mol. The highest BCUT2D eigenvalue weighted by molar-refractivity contribution is 7.91. The minimum atomic E-state index is -4.83. The fraction of sp³-hybridized carbons (Fsp3) is 0.414. The number of rotatable bonds is 7. The maximum Gasteiger partial charge on any atom is 0.451 e. The van der Waals surface area contributed by atoms with Crippen molar-refractivity contribution >= 4 is 60.4 Å². The Morgan fingerprint density at radius 1 is 1.09 bits per heavy atom. The van der Waals surface area contributed by atoms with Crippen LogP contribution in [0.1, 0.15) is 31.1 Å². The van der Waals surface area contributed by atoms with E-state index in [9.17, 15) is 26.7 Å². The third-order valence-corrected chi connectivity index (χ3v) is 10.2. The summed E-state index contributed by atoms with van der Waals surface area (Å²) in [4.78, 5) is 14.1. The number of ether oxygens (including phenoxy) is 2. The van der Waals surface area contributed by atoms with Crippen molar-refractivity contribution in [2.45, 2.75) is 43.6 Å². The highest BCUT2D eigenvalue weighted by Crippen LogP contribution is 2.40. The number of alkyl halides is 3. The zero-order chi connectivity index (χ0) is 31.5. The number of sulfone groups is 1. The van der Waals surface area contributed by atoms with Gasteiger partial charge in [0.15, 0.2) is 11.4 Å². The second-order valence-corrected chi connectivity index (χ2v) is 13.9. The lowest BCUT2D eigenvalue weighted by atomic mass is 10.1. The average molecular weight is 666 g/mol. The summed E-state index contributed by atoms with van der Waals surface area (Å²) in [6.45, 7) is -0.534. The number of imidazole rings is 1. The smallest absolute Gasteiger partial charge is 0.451 e. The lowest BCUT2D eigenvalue weighted by Gasteiger charge is -2.26. The lowest BCUT2D eigenvalue weighted by Crippen LogP contribution is -2.35. The molecule has 0 bridgehead atoms. The number of anilines is 1. The first-order valence-corrected chi connectivity index (χ1v) is 16.5. The van der Waals surface area contributed by atoms with E-state index in [0.29, 0.717) is 34.4 Å². The van der Waals surface area contributed by atoms with Crippen LogP contribution in [-0.4, -0.2) is 76.6 Å². The predicted octanol–water partition coefficient (Wildman–Crippen LogP) is 5.14. The lowest BCUT2D eigenvalue weighted by molar-refractivity contribution is -0.144. The summed E-state index contributed by atoms with van der Waals surface area (Å²) in [7, 11) is -3.14. The number of benzene rings is 2. The van der Waals surface area contributed by atoms with Crippen LogP contribution in [0.2, 0.25) is 5.02 Å². The van der Waals surface area contributed by atoms with Crippen LogP contribution in [0.5, 0.6) is 6.01 Å². The summed E-state index contributed by atoms with van der Waals surface area (Å²) in [6, 6.07) is 11.4. The minimum absolute atomic E-state index is 0.0278. The Balaban J connectivity index is 1.28. The molecule has 7 rings (SSSR count). The Morgan fingerprint density at radius 2 is 1.87 bits per heavy atom. The number of halogens is 4. The van der Waals surface area contributed by atoms with Crippen molar-refractivity contribution in [3.8, 4) is 6.01 Å². The molecule has 2 aliphatic rings. The number of fused-ring (bicyclic) bond motifs is 4. The van der Waals surface area contributed by atoms with Gasteiger partial charge in [0.2, 0.25) is 5.82 Å². The van der Waals surface area contributed by atoms with Gasteiger partial charge in [-0.2, -0.15) is 18.2 Å². The fourth-order valence-electron chi connectivity index (χ4n) is 6.23. The zero-order valence-electron chi connectivity index (χ0n) is 23.6. The fourth-order valence-corrected chi connectivity index (χ4v) is 7.87. The Morgan fingerprint density at radius 3 is 2.62 bits per heavy atom. The molecule has 0 saturated carbocycles. The average Bonchev–Trinajstić information content (AvgIpc) is 3.68. The molecule has 11 nitrogen and oxygen atoms in total. The summed E-state index contributed by atoms with van der Waals surface area (Å²) in [5, 5.41) is 10.3. The quantitative estimate of drug-likeness (QED) is 0.233. The standard InChI is InChI=1S/C29H27ClF3N5O6S/c30-16-5-6-22-21(11-16)34-28(38(22)17-7-9-45(40,41)10-8-17)43-19-12-18(14-42-15-39)37(13-19)26-25-24(35-27(36-26)29(31,32)33)20-3-1-2-4-23(20)44-25/h1-6,11,17-19,39H,7-10,12-15H2/t18-,19?/m0/s1. The molecule has 2 atom stereocenters. The van der Waals surface area contributed by atoms with Crippen molar-refractivity contribution in [1.82, 2.24) is 19.5 Å². The summed E-state index contributed by atoms with van der Waals surface area (Å²) in [6.07, 6.45) is -4.38. The van der Waals surface area contributed by atoms with Crippen molar-refractivity contribution in [3.63, 3.8) is 0 Å². The molecule has 0 spiro atoms. The number of aliphatic hydroxyl groups is 1. The Kier molecular flexibility index (Phi) is 7.54. The van der Waals surface area contributed by atoms with Crippen LogP contribution < -0.4 is 9.64 Å². The third-order valence-electron chi connectivity index (χ3n) is 8.29. The van der Waals surface area contributed by atoms with Gasteiger partial charge >= 0.3 is 6.18 Å². The van der Waals surface area contributed by atoms with Crippen LogP contribution in [0.25, 0.3) is 33.1 Å². The molecule has 0 radical (unpaired) electrons. The van der Waals surface area contributed by atoms with Gasteiger partial charge in [0.05, 0.1) is 41.7 Å². The minimum Gasteiger partial charge on any atom is -0.459 e. The second-order valence-electron chi connectivity index (χ2n) is 11.2. The maximum absolute atomic E-state index is 14.0. The molecule has 2 aliphatic heterocycles. The van der Waals surface area contributed by atoms with Crippen molar-refractivity contribution in [2.24, 2.45) is 0 Å². The third kappa shape index (κ3) is 5.66. The molecule has 0 aliphatic carbocycles. The highest BCUT2D eigenvalue weighted by atomic mass is 35.5. The van der Waals surface area contributed by atoms with E-state index >= 15 is 0 Å². The van der Waals surface area contributed by atoms with Crippen LogP contribution in [0.3, 0.4) is 0 Å². The summed E-state index contributed by atoms with van der Waals surface area (Å²) >= 11 is 6.24. The van der Waals surface area contributed by atoms with Gasteiger partial charge in [-0.25, -0.2) is 18.4 Å². The number of hydrogen-bond acceptors (Lipinski definition) is 10. The first-order valence-electron chi connectivity index (χ1n) is 14.3. The van der Waals surface area contributed by atoms with E-state index in [0.717, 1.165) is 5.52 Å². The molecule has 16 heteroatoms. The molecule has 5 heterocycles. The molecule has 45 heavy (non-hydrogen) atoms. The number of furan rings is 1. The van der Waals surface area contributed by atoms with Crippen LogP contribution >= 0.6 is 11.6 Å². The van der Waals surface area contributed by atoms with E-state index < -0.39 is 40.8 Å². The first kappa shape index (κ1) is 30.0. The van der Waals surface area contributed by atoms with Crippen molar-refractivity contribution in [3.05, 3.63) is 53.3 Å². The molecular formula is C29H27ClF3N5O6S. The van der Waals surface area contributed by atoms with E-state index in [4.69, 9.17) is 25.5 Å². The van der Waals surface area contributed by atoms with Gasteiger partial charge in [0, 0.05) is 22.9 Å². The normalized spacial score (nSPS) is 21.0. The highest BCUT2D eigenvalue weighted by Gasteiger charge is 2.41. The van der Waals surface area contributed by atoms with Gasteiger partial charge in [-0.1, -0.05) is 23.7 Å². The molecule has 2 saturated heterocycles. The Hall–Kier alpha value is -3.66. The van der Waals surface area contributed by atoms with Gasteiger partial charge in [-0.15, -0.1) is 0 Å². The molecule has 238 valence electrons. The van der Waals surface area contributed by atoms with Crippen molar-refractivity contribution in [1.29, 1.82) is 0 Å². The molecule has 5 aromatic rings. The molecule has 1 unspecified atom stereocenters. The van der Waals surface area contributed by atoms with Gasteiger partial charge in [-0.05, 0) is 43.2 Å². The van der Waals surface area contributed by atoms with Crippen LogP contribution in [0, 0.1) is 0 Å². The van der Waals surface area contributed by atoms with Crippen molar-refractivity contribution < 1.29 is 40.6 Å². The number of nitrogens with zero attached hydrogens (tertiary/aromatic N) is 5. The summed E-state index contributed by atoms with van der Waals surface area (Å²) < 4.78 is 86.1. The van der Waals surface area contributed by atoms with E-state index in [1.165, 1.54) is 0 Å². The van der Waals surface area contributed by atoms with Crippen molar-refractivity contribution in [2.75, 3.05) is 36.4 Å². The van der Waals surface area contributed by atoms with Gasteiger partial charge in [-0.3, -0.25) is 4.57 Å². The van der Waals surface area contributed by atoms with E-state index in [1.807, 2.05) is 4.57 Å².